The molecule has 0 aliphatic carbocycles. The lowest BCUT2D eigenvalue weighted by molar-refractivity contribution is 0.571. The van der Waals surface area contributed by atoms with E-state index in [1.54, 1.807) is 6.92 Å². The van der Waals surface area contributed by atoms with Gasteiger partial charge in [-0.1, -0.05) is 0 Å². The molecule has 1 aromatic rings. The second-order valence-corrected chi connectivity index (χ2v) is 5.38. The third-order valence-corrected chi connectivity index (χ3v) is 3.49. The Bertz CT molecular complexity index is 429. The first kappa shape index (κ1) is 13.1. The number of nitrogens with two attached hydrogens (primary N) is 1. The second-order valence-electron chi connectivity index (χ2n) is 3.62. The maximum absolute atomic E-state index is 12.6. The highest BCUT2D eigenvalue weighted by Crippen LogP contribution is 2.09. The zero-order valence-corrected chi connectivity index (χ0v) is 9.80. The average Bonchev–Trinajstić information content (AvgIpc) is 2.17. The maximum atomic E-state index is 12.6. The molecule has 4 nitrogen and oxygen atoms in total. The van der Waals surface area contributed by atoms with Crippen molar-refractivity contribution in [3.05, 3.63) is 30.1 Å². The van der Waals surface area contributed by atoms with Gasteiger partial charge in [-0.15, -0.1) is 0 Å². The van der Waals surface area contributed by atoms with Crippen LogP contribution in [0.4, 0.5) is 4.39 Å². The number of hydrogen-bond acceptors (Lipinski definition) is 3. The van der Waals surface area contributed by atoms with Crippen molar-refractivity contribution in [1.82, 2.24) is 4.72 Å². The monoisotopic (exact) mass is 246 g/mol. The maximum Gasteiger partial charge on any atom is 0.240 e. The molecule has 0 heterocycles. The van der Waals surface area contributed by atoms with Crippen LogP contribution in [0.1, 0.15) is 13.3 Å². The van der Waals surface area contributed by atoms with Gasteiger partial charge in [-0.25, -0.2) is 17.5 Å². The number of nitrogens with one attached hydrogen (secondary N) is 1. The Morgan fingerprint density at radius 1 is 1.38 bits per heavy atom. The lowest BCUT2D eigenvalue weighted by Crippen LogP contribution is -2.29. The molecule has 90 valence electrons. The summed E-state index contributed by atoms with van der Waals surface area (Å²) < 4.78 is 38.3. The average molecular weight is 246 g/mol. The van der Waals surface area contributed by atoms with Crippen LogP contribution >= 0.6 is 0 Å². The highest BCUT2D eigenvalue weighted by Gasteiger charge is 2.13. The number of benzene rings is 1. The first-order valence-corrected chi connectivity index (χ1v) is 6.41. The van der Waals surface area contributed by atoms with Crippen molar-refractivity contribution in [2.24, 2.45) is 5.73 Å². The molecule has 0 aliphatic rings. The number of sulfonamides is 1. The lowest BCUT2D eigenvalue weighted by atomic mass is 10.3. The third-order valence-electron chi connectivity index (χ3n) is 2.02. The van der Waals surface area contributed by atoms with Gasteiger partial charge in [-0.05, 0) is 37.6 Å². The highest BCUT2D eigenvalue weighted by atomic mass is 32.2. The molecule has 0 spiro atoms. The molecule has 0 aromatic heterocycles. The van der Waals surface area contributed by atoms with Crippen LogP contribution < -0.4 is 10.5 Å². The summed E-state index contributed by atoms with van der Waals surface area (Å²) in [7, 11) is -3.54. The van der Waals surface area contributed by atoms with Crippen molar-refractivity contribution >= 4 is 10.0 Å². The van der Waals surface area contributed by atoms with Crippen molar-refractivity contribution in [2.45, 2.75) is 24.3 Å². The van der Waals surface area contributed by atoms with Gasteiger partial charge < -0.3 is 5.73 Å². The van der Waals surface area contributed by atoms with E-state index in [9.17, 15) is 12.8 Å². The van der Waals surface area contributed by atoms with Gasteiger partial charge in [0.1, 0.15) is 5.82 Å². The van der Waals surface area contributed by atoms with Crippen LogP contribution in [0.2, 0.25) is 0 Å². The predicted molar refractivity (Wildman–Crippen MR) is 59.9 cm³/mol. The molecule has 0 fully saturated rings. The van der Waals surface area contributed by atoms with E-state index in [1.807, 2.05) is 0 Å². The number of halogens is 1. The van der Waals surface area contributed by atoms with Gasteiger partial charge in [0.05, 0.1) is 4.90 Å². The predicted octanol–water partition coefficient (Wildman–Crippen LogP) is 0.841. The Balaban J connectivity index is 2.67. The van der Waals surface area contributed by atoms with Gasteiger partial charge in [0.25, 0.3) is 0 Å². The Labute approximate surface area is 94.7 Å². The van der Waals surface area contributed by atoms with Gasteiger partial charge >= 0.3 is 0 Å². The van der Waals surface area contributed by atoms with Crippen LogP contribution in [0.25, 0.3) is 0 Å². The molecule has 0 aliphatic heterocycles. The Morgan fingerprint density at radius 2 is 1.94 bits per heavy atom. The van der Waals surface area contributed by atoms with Gasteiger partial charge in [0, 0.05) is 12.6 Å². The minimum Gasteiger partial charge on any atom is -0.328 e. The fraction of sp³-hybridized carbons (Fsp3) is 0.400. The van der Waals surface area contributed by atoms with E-state index < -0.39 is 15.8 Å². The molecule has 0 amide bonds. The van der Waals surface area contributed by atoms with Crippen LogP contribution in [-0.4, -0.2) is 21.0 Å². The summed E-state index contributed by atoms with van der Waals surface area (Å²) in [6.07, 6.45) is 0.556. The van der Waals surface area contributed by atoms with Crippen molar-refractivity contribution in [3.8, 4) is 0 Å². The lowest BCUT2D eigenvalue weighted by Gasteiger charge is -2.08. The summed E-state index contributed by atoms with van der Waals surface area (Å²) in [5, 5.41) is 0. The van der Waals surface area contributed by atoms with E-state index in [4.69, 9.17) is 5.73 Å². The summed E-state index contributed by atoms with van der Waals surface area (Å²) in [4.78, 5) is 0.0542. The Kier molecular flexibility index (Phi) is 4.40. The van der Waals surface area contributed by atoms with E-state index in [1.165, 1.54) is 12.1 Å². The summed E-state index contributed by atoms with van der Waals surface area (Å²) in [6.45, 7) is 2.07. The summed E-state index contributed by atoms with van der Waals surface area (Å²) in [6, 6.07) is 4.61. The van der Waals surface area contributed by atoms with E-state index in [0.717, 1.165) is 12.1 Å². The second kappa shape index (κ2) is 5.38. The first-order chi connectivity index (χ1) is 7.42. The molecular formula is C10H15FN2O2S. The molecule has 6 heteroatoms. The summed E-state index contributed by atoms with van der Waals surface area (Å²) in [5.74, 6) is -0.463. The molecule has 0 radical (unpaired) electrons. The number of hydrogen-bond donors (Lipinski definition) is 2. The van der Waals surface area contributed by atoms with Gasteiger partial charge in [-0.3, -0.25) is 0 Å². The van der Waals surface area contributed by atoms with Gasteiger partial charge in [0.2, 0.25) is 10.0 Å². The summed E-state index contributed by atoms with van der Waals surface area (Å²) in [5.41, 5.74) is 5.50. The smallest absolute Gasteiger partial charge is 0.240 e. The van der Waals surface area contributed by atoms with Crippen LogP contribution in [-0.2, 0) is 10.0 Å². The minimum atomic E-state index is -3.54. The van der Waals surface area contributed by atoms with E-state index in [0.29, 0.717) is 6.42 Å². The van der Waals surface area contributed by atoms with Gasteiger partial charge in [-0.2, -0.15) is 0 Å². The van der Waals surface area contributed by atoms with E-state index in [2.05, 4.69) is 4.72 Å². The number of rotatable bonds is 5. The zero-order valence-electron chi connectivity index (χ0n) is 8.98. The standard InChI is InChI=1S/C10H15FN2O2S/c1-8(12)6-7-13-16(14,15)10-4-2-9(11)3-5-10/h2-5,8,13H,6-7,12H2,1H3. The van der Waals surface area contributed by atoms with Crippen molar-refractivity contribution in [2.75, 3.05) is 6.54 Å². The largest absolute Gasteiger partial charge is 0.328 e. The van der Waals surface area contributed by atoms with E-state index >= 15 is 0 Å². The van der Waals surface area contributed by atoms with Crippen LogP contribution in [0.3, 0.4) is 0 Å². The normalized spacial score (nSPS) is 13.7. The molecular weight excluding hydrogens is 231 g/mol. The molecule has 0 saturated heterocycles. The fourth-order valence-electron chi connectivity index (χ4n) is 1.12. The topological polar surface area (TPSA) is 72.2 Å². The molecule has 16 heavy (non-hydrogen) atoms. The molecule has 1 aromatic carbocycles. The fourth-order valence-corrected chi connectivity index (χ4v) is 2.17. The Morgan fingerprint density at radius 3 is 2.44 bits per heavy atom. The van der Waals surface area contributed by atoms with Gasteiger partial charge in [0.15, 0.2) is 0 Å². The zero-order chi connectivity index (χ0) is 12.2. The molecule has 1 atom stereocenters. The van der Waals surface area contributed by atoms with Crippen molar-refractivity contribution in [3.63, 3.8) is 0 Å². The van der Waals surface area contributed by atoms with Crippen molar-refractivity contribution < 1.29 is 12.8 Å². The molecule has 3 N–H and O–H groups in total. The van der Waals surface area contributed by atoms with Crippen LogP contribution in [0, 0.1) is 5.82 Å². The molecule has 0 bridgehead atoms. The van der Waals surface area contributed by atoms with E-state index in [-0.39, 0.29) is 17.5 Å². The Hall–Kier alpha value is -0.980. The minimum absolute atomic E-state index is 0.0542. The highest BCUT2D eigenvalue weighted by molar-refractivity contribution is 7.89. The third kappa shape index (κ3) is 3.88. The van der Waals surface area contributed by atoms with Crippen LogP contribution in [0.15, 0.2) is 29.2 Å². The molecule has 1 rings (SSSR count). The van der Waals surface area contributed by atoms with Crippen molar-refractivity contribution in [1.29, 1.82) is 0 Å². The van der Waals surface area contributed by atoms with Crippen LogP contribution in [0.5, 0.6) is 0 Å². The SMILES string of the molecule is CC(N)CCNS(=O)(=O)c1ccc(F)cc1. The quantitative estimate of drug-likeness (QED) is 0.808. The molecule has 0 saturated carbocycles. The molecule has 1 unspecified atom stereocenters. The first-order valence-electron chi connectivity index (χ1n) is 4.92. The summed E-state index contributed by atoms with van der Waals surface area (Å²) >= 11 is 0.